The zero-order chi connectivity index (χ0) is 24.2. The molecule has 0 radical (unpaired) electrons. The van der Waals surface area contributed by atoms with Gasteiger partial charge in [0.1, 0.15) is 11.5 Å². The van der Waals surface area contributed by atoms with Gasteiger partial charge in [0.15, 0.2) is 5.39 Å². The zero-order valence-electron chi connectivity index (χ0n) is 18.7. The molecule has 4 aromatic carbocycles. The highest BCUT2D eigenvalue weighted by atomic mass is 16.5. The van der Waals surface area contributed by atoms with Crippen molar-refractivity contribution in [3.63, 3.8) is 0 Å². The van der Waals surface area contributed by atoms with Crippen LogP contribution in [0.15, 0.2) is 109 Å². The van der Waals surface area contributed by atoms with Gasteiger partial charge in [-0.15, -0.1) is 0 Å². The van der Waals surface area contributed by atoms with E-state index in [1.54, 1.807) is 72.8 Å². The molecule has 1 heterocycles. The Hall–Kier alpha value is -4.91. The number of ether oxygens (including phenoxy) is 1. The molecule has 0 aliphatic rings. The molecule has 0 saturated heterocycles. The molecule has 0 atom stereocenters. The number of fused-ring (bicyclic) bond motifs is 1. The van der Waals surface area contributed by atoms with Crippen molar-refractivity contribution in [1.82, 2.24) is 0 Å². The molecular formula is C28H23N3O4+2. The first-order valence-electron chi connectivity index (χ1n) is 11.1. The maximum Gasteiger partial charge on any atom is 0.638 e. The summed E-state index contributed by atoms with van der Waals surface area (Å²) in [5.41, 5.74) is 1.68. The molecule has 0 spiro atoms. The van der Waals surface area contributed by atoms with Crippen molar-refractivity contribution in [3.8, 4) is 29.1 Å². The van der Waals surface area contributed by atoms with E-state index in [1.807, 2.05) is 36.4 Å². The number of nitrogens with one attached hydrogen (secondary N) is 1. The molecule has 7 nitrogen and oxygen atoms in total. The Morgan fingerprint density at radius 2 is 1.34 bits per heavy atom. The second-order valence-corrected chi connectivity index (χ2v) is 7.89. The Bertz CT molecular complexity index is 1490. The van der Waals surface area contributed by atoms with E-state index in [0.29, 0.717) is 28.0 Å². The van der Waals surface area contributed by atoms with Gasteiger partial charge in [-0.2, -0.15) is 0 Å². The summed E-state index contributed by atoms with van der Waals surface area (Å²) in [4.78, 5) is 12.9. The first kappa shape index (κ1) is 21.9. The van der Waals surface area contributed by atoms with Crippen LogP contribution in [0, 0.1) is 0 Å². The third-order valence-electron chi connectivity index (χ3n) is 5.52. The minimum Gasteiger partial charge on any atom is -0.459 e. The number of aromatic hydroxyl groups is 2. The summed E-state index contributed by atoms with van der Waals surface area (Å²) in [6, 6.07) is 32.2. The number of para-hydroxylation sites is 3. The number of rotatable bonds is 6. The van der Waals surface area contributed by atoms with Gasteiger partial charge in [-0.05, 0) is 47.0 Å². The lowest BCUT2D eigenvalue weighted by Crippen LogP contribution is -2.49. The van der Waals surface area contributed by atoms with Crippen molar-refractivity contribution in [2.75, 3.05) is 5.32 Å². The molecule has 0 aliphatic carbocycles. The monoisotopic (exact) mass is 465 g/mol. The quantitative estimate of drug-likeness (QED) is 0.327. The fraction of sp³-hybridized carbons (Fsp3) is 0.0357. The minimum absolute atomic E-state index is 0.116. The summed E-state index contributed by atoms with van der Waals surface area (Å²) in [6.45, 7) is -0.165. The number of anilines is 1. The zero-order valence-corrected chi connectivity index (χ0v) is 18.7. The molecule has 5 aromatic rings. The first-order chi connectivity index (χ1) is 17.1. The Kier molecular flexibility index (Phi) is 5.96. The van der Waals surface area contributed by atoms with Gasteiger partial charge < -0.3 is 20.3 Å². The number of amides is 1. The average molecular weight is 466 g/mol. The Morgan fingerprint density at radius 1 is 0.743 bits per heavy atom. The maximum absolute atomic E-state index is 12.9. The molecule has 0 unspecified atom stereocenters. The van der Waals surface area contributed by atoms with E-state index in [-0.39, 0.29) is 24.3 Å². The van der Waals surface area contributed by atoms with Gasteiger partial charge in [0.25, 0.3) is 5.91 Å². The second-order valence-electron chi connectivity index (χ2n) is 7.89. The molecule has 5 rings (SSSR count). The van der Waals surface area contributed by atoms with E-state index in [4.69, 9.17) is 4.74 Å². The van der Waals surface area contributed by atoms with Gasteiger partial charge in [0.2, 0.25) is 17.7 Å². The minimum atomic E-state index is -0.336. The summed E-state index contributed by atoms with van der Waals surface area (Å²) in [6.07, 6.45) is 0. The van der Waals surface area contributed by atoms with E-state index in [2.05, 4.69) is 5.32 Å². The molecular weight excluding hydrogens is 442 g/mol. The number of benzene rings is 4. The molecule has 7 heteroatoms. The Morgan fingerprint density at radius 3 is 2.06 bits per heavy atom. The largest absolute Gasteiger partial charge is 0.638 e. The molecule has 172 valence electrons. The lowest BCUT2D eigenvalue weighted by Gasteiger charge is -2.08. The van der Waals surface area contributed by atoms with Crippen molar-refractivity contribution < 1.29 is 28.9 Å². The molecule has 0 fully saturated rings. The third-order valence-corrected chi connectivity index (χ3v) is 5.52. The maximum atomic E-state index is 12.9. The SMILES string of the molecule is O=C(C[n+]1c(O)[n+](-c2ccccc2)c(O)c2ccccc21)Nc1ccc(Oc2ccccc2)cc1. The molecule has 1 aromatic heterocycles. The standard InChI is InChI=1S/C28H21N3O4/c32-26(29-20-15-17-23(18-16-20)35-22-11-5-2-6-12-22)19-30-25-14-8-7-13-24(25)27(33)31(28(30)34)21-9-3-1-4-10-21/h1-18H,19H2,(H,29,32)/p+2. The fourth-order valence-electron chi connectivity index (χ4n) is 3.89. The summed E-state index contributed by atoms with van der Waals surface area (Å²) in [5, 5.41) is 25.3. The van der Waals surface area contributed by atoms with E-state index in [9.17, 15) is 15.0 Å². The van der Waals surface area contributed by atoms with Crippen LogP contribution in [0.4, 0.5) is 5.69 Å². The van der Waals surface area contributed by atoms with E-state index < -0.39 is 0 Å². The van der Waals surface area contributed by atoms with Gasteiger partial charge >= 0.3 is 11.9 Å². The smallest absolute Gasteiger partial charge is 0.459 e. The summed E-state index contributed by atoms with van der Waals surface area (Å²) < 4.78 is 8.56. The number of carbonyl (C=O) groups excluding carboxylic acids is 1. The van der Waals surface area contributed by atoms with Crippen LogP contribution in [-0.2, 0) is 11.3 Å². The predicted octanol–water partition coefficient (Wildman–Crippen LogP) is 4.25. The number of hydrogen-bond donors (Lipinski definition) is 3. The van der Waals surface area contributed by atoms with Gasteiger partial charge in [-0.3, -0.25) is 4.79 Å². The molecule has 0 bridgehead atoms. The van der Waals surface area contributed by atoms with Crippen molar-refractivity contribution in [2.45, 2.75) is 6.54 Å². The van der Waals surface area contributed by atoms with E-state index in [0.717, 1.165) is 5.75 Å². The predicted molar refractivity (Wildman–Crippen MR) is 131 cm³/mol. The topological polar surface area (TPSA) is 86.6 Å². The van der Waals surface area contributed by atoms with Crippen molar-refractivity contribution >= 4 is 22.5 Å². The number of carbonyl (C=O) groups is 1. The average Bonchev–Trinajstić information content (AvgIpc) is 2.89. The lowest BCUT2D eigenvalue weighted by molar-refractivity contribution is -0.774. The fourth-order valence-corrected chi connectivity index (χ4v) is 3.89. The van der Waals surface area contributed by atoms with Gasteiger partial charge in [-0.25, -0.2) is 0 Å². The van der Waals surface area contributed by atoms with E-state index in [1.165, 1.54) is 9.13 Å². The van der Waals surface area contributed by atoms with Gasteiger partial charge in [-0.1, -0.05) is 53.1 Å². The van der Waals surface area contributed by atoms with Crippen molar-refractivity contribution in [3.05, 3.63) is 109 Å². The first-order valence-corrected chi connectivity index (χ1v) is 11.1. The van der Waals surface area contributed by atoms with Crippen molar-refractivity contribution in [1.29, 1.82) is 0 Å². The Balaban J connectivity index is 1.41. The lowest BCUT2D eigenvalue weighted by atomic mass is 10.2. The van der Waals surface area contributed by atoms with Crippen LogP contribution in [0.2, 0.25) is 0 Å². The van der Waals surface area contributed by atoms with Crippen LogP contribution in [0.5, 0.6) is 23.4 Å². The summed E-state index contributed by atoms with van der Waals surface area (Å²) >= 11 is 0. The van der Waals surface area contributed by atoms with Crippen LogP contribution in [0.3, 0.4) is 0 Å². The van der Waals surface area contributed by atoms with Crippen LogP contribution >= 0.6 is 0 Å². The number of hydrogen-bond acceptors (Lipinski definition) is 4. The molecule has 35 heavy (non-hydrogen) atoms. The molecule has 1 amide bonds. The van der Waals surface area contributed by atoms with Gasteiger partial charge in [0.05, 0.1) is 0 Å². The Labute approximate surface area is 201 Å². The number of nitrogens with zero attached hydrogens (tertiary/aromatic N) is 2. The van der Waals surface area contributed by atoms with Crippen LogP contribution in [0.1, 0.15) is 0 Å². The highest BCUT2D eigenvalue weighted by molar-refractivity contribution is 5.90. The summed E-state index contributed by atoms with van der Waals surface area (Å²) in [7, 11) is 0. The molecule has 3 N–H and O–H groups in total. The van der Waals surface area contributed by atoms with Crippen LogP contribution < -0.4 is 19.2 Å². The number of aromatic nitrogens is 2. The van der Waals surface area contributed by atoms with E-state index >= 15 is 0 Å². The highest BCUT2D eigenvalue weighted by Crippen LogP contribution is 2.24. The van der Waals surface area contributed by atoms with Gasteiger partial charge in [0, 0.05) is 23.9 Å². The van der Waals surface area contributed by atoms with Crippen LogP contribution in [0.25, 0.3) is 16.6 Å². The normalized spacial score (nSPS) is 10.7. The molecule has 0 aliphatic heterocycles. The summed E-state index contributed by atoms with van der Waals surface area (Å²) in [5.74, 6) is 0.921. The van der Waals surface area contributed by atoms with Crippen molar-refractivity contribution in [2.24, 2.45) is 0 Å². The third kappa shape index (κ3) is 4.60. The highest BCUT2D eigenvalue weighted by Gasteiger charge is 2.36. The van der Waals surface area contributed by atoms with Crippen LogP contribution in [-0.4, -0.2) is 16.1 Å². The molecule has 0 saturated carbocycles. The second kappa shape index (κ2) is 9.52.